The Labute approximate surface area is 105 Å². The lowest BCUT2D eigenvalue weighted by atomic mass is 10.2. The molecule has 2 rings (SSSR count). The molecule has 1 aromatic heterocycles. The highest BCUT2D eigenvalue weighted by molar-refractivity contribution is 5.77. The number of carbonyl (C=O) groups excluding carboxylic acids is 1. The first kappa shape index (κ1) is 12.3. The molecule has 0 unspecified atom stereocenters. The Morgan fingerprint density at radius 1 is 1.28 bits per heavy atom. The Bertz CT molecular complexity index is 544. The average molecular weight is 245 g/mol. The maximum Gasteiger partial charge on any atom is 0.234 e. The summed E-state index contributed by atoms with van der Waals surface area (Å²) in [7, 11) is 3.96. The van der Waals surface area contributed by atoms with Gasteiger partial charge in [0, 0.05) is 25.3 Å². The van der Waals surface area contributed by atoms with Crippen molar-refractivity contribution in [3.05, 3.63) is 30.2 Å². The van der Waals surface area contributed by atoms with Gasteiger partial charge in [0.2, 0.25) is 11.7 Å². The molecule has 0 radical (unpaired) electrons. The lowest BCUT2D eigenvalue weighted by Crippen LogP contribution is -2.07. The topological polar surface area (TPSA) is 59.2 Å². The molecule has 0 saturated heterocycles. The first-order chi connectivity index (χ1) is 8.56. The molecule has 2 aromatic rings. The van der Waals surface area contributed by atoms with Crippen LogP contribution in [-0.4, -0.2) is 30.0 Å². The van der Waals surface area contributed by atoms with E-state index in [-0.39, 0.29) is 12.2 Å². The van der Waals surface area contributed by atoms with Gasteiger partial charge in [-0.25, -0.2) is 0 Å². The molecule has 0 bridgehead atoms. The molecule has 5 heteroatoms. The first-order valence-electron chi connectivity index (χ1n) is 5.66. The Morgan fingerprint density at radius 3 is 2.50 bits per heavy atom. The number of hydrogen-bond donors (Lipinski definition) is 0. The summed E-state index contributed by atoms with van der Waals surface area (Å²) >= 11 is 0. The summed E-state index contributed by atoms with van der Waals surface area (Å²) in [6.45, 7) is 1.50. The van der Waals surface area contributed by atoms with Gasteiger partial charge >= 0.3 is 0 Å². The lowest BCUT2D eigenvalue weighted by Gasteiger charge is -2.11. The van der Waals surface area contributed by atoms with Crippen molar-refractivity contribution >= 4 is 11.5 Å². The predicted molar refractivity (Wildman–Crippen MR) is 68.4 cm³/mol. The lowest BCUT2D eigenvalue weighted by molar-refractivity contribution is -0.116. The third-order valence-electron chi connectivity index (χ3n) is 2.51. The van der Waals surface area contributed by atoms with Crippen LogP contribution in [0.25, 0.3) is 11.4 Å². The van der Waals surface area contributed by atoms with E-state index in [1.54, 1.807) is 0 Å². The van der Waals surface area contributed by atoms with Crippen LogP contribution in [0.4, 0.5) is 5.69 Å². The Kier molecular flexibility index (Phi) is 3.41. The second-order valence-corrected chi connectivity index (χ2v) is 4.33. The minimum atomic E-state index is 0.00755. The number of hydrogen-bond acceptors (Lipinski definition) is 5. The summed E-state index contributed by atoms with van der Waals surface area (Å²) in [5, 5.41) is 3.86. The molecule has 0 aliphatic heterocycles. The third-order valence-corrected chi connectivity index (χ3v) is 2.51. The monoisotopic (exact) mass is 245 g/mol. The maximum atomic E-state index is 10.9. The van der Waals surface area contributed by atoms with Crippen LogP contribution in [0.2, 0.25) is 0 Å². The van der Waals surface area contributed by atoms with E-state index in [0.717, 1.165) is 11.3 Å². The standard InChI is InChI=1S/C13H15N3O2/c1-9(17)8-12-14-13(15-18-12)10-4-6-11(7-5-10)16(2)3/h4-7H,8H2,1-3H3. The summed E-state index contributed by atoms with van der Waals surface area (Å²) < 4.78 is 5.02. The highest BCUT2D eigenvalue weighted by atomic mass is 16.5. The Balaban J connectivity index is 2.20. The van der Waals surface area contributed by atoms with Crippen molar-refractivity contribution in [1.82, 2.24) is 10.1 Å². The molecule has 0 fully saturated rings. The molecule has 0 N–H and O–H groups in total. The van der Waals surface area contributed by atoms with Crippen LogP contribution in [0.1, 0.15) is 12.8 Å². The van der Waals surface area contributed by atoms with Crippen LogP contribution in [0, 0.1) is 0 Å². The fraction of sp³-hybridized carbons (Fsp3) is 0.308. The average Bonchev–Trinajstić information content (AvgIpc) is 2.76. The van der Waals surface area contributed by atoms with Gasteiger partial charge in [-0.15, -0.1) is 0 Å². The van der Waals surface area contributed by atoms with Gasteiger partial charge in [-0.05, 0) is 31.2 Å². The maximum absolute atomic E-state index is 10.9. The highest BCUT2D eigenvalue weighted by Gasteiger charge is 2.10. The zero-order chi connectivity index (χ0) is 13.1. The molecule has 0 aliphatic rings. The molecule has 1 aromatic carbocycles. The van der Waals surface area contributed by atoms with Gasteiger partial charge in [-0.3, -0.25) is 4.79 Å². The van der Waals surface area contributed by atoms with E-state index in [2.05, 4.69) is 10.1 Å². The number of nitrogens with zero attached hydrogens (tertiary/aromatic N) is 3. The SMILES string of the molecule is CC(=O)Cc1nc(-c2ccc(N(C)C)cc2)no1. The molecule has 1 heterocycles. The molecule has 0 aliphatic carbocycles. The van der Waals surface area contributed by atoms with Crippen molar-refractivity contribution < 1.29 is 9.32 Å². The Hall–Kier alpha value is -2.17. The number of carbonyl (C=O) groups is 1. The van der Waals surface area contributed by atoms with E-state index in [0.29, 0.717) is 11.7 Å². The van der Waals surface area contributed by atoms with Gasteiger partial charge < -0.3 is 9.42 Å². The molecule has 94 valence electrons. The van der Waals surface area contributed by atoms with Crippen LogP contribution >= 0.6 is 0 Å². The van der Waals surface area contributed by atoms with Crippen molar-refractivity contribution in [3.8, 4) is 11.4 Å². The zero-order valence-electron chi connectivity index (χ0n) is 10.7. The van der Waals surface area contributed by atoms with Gasteiger partial charge in [-0.1, -0.05) is 5.16 Å². The van der Waals surface area contributed by atoms with Gasteiger partial charge in [0.1, 0.15) is 5.78 Å². The number of aromatic nitrogens is 2. The minimum absolute atomic E-state index is 0.00755. The van der Waals surface area contributed by atoms with Crippen molar-refractivity contribution in [1.29, 1.82) is 0 Å². The van der Waals surface area contributed by atoms with Crippen molar-refractivity contribution in [2.24, 2.45) is 0 Å². The van der Waals surface area contributed by atoms with Crippen molar-refractivity contribution in [2.75, 3.05) is 19.0 Å². The van der Waals surface area contributed by atoms with Crippen molar-refractivity contribution in [3.63, 3.8) is 0 Å². The molecular formula is C13H15N3O2. The summed E-state index contributed by atoms with van der Waals surface area (Å²) in [5.41, 5.74) is 1.98. The van der Waals surface area contributed by atoms with Crippen LogP contribution in [0.5, 0.6) is 0 Å². The summed E-state index contributed by atoms with van der Waals surface area (Å²) in [6, 6.07) is 7.82. The second kappa shape index (κ2) is 5.00. The molecule has 0 atom stereocenters. The molecule has 18 heavy (non-hydrogen) atoms. The Morgan fingerprint density at radius 2 is 1.94 bits per heavy atom. The fourth-order valence-electron chi connectivity index (χ4n) is 1.57. The molecular weight excluding hydrogens is 230 g/mol. The second-order valence-electron chi connectivity index (χ2n) is 4.33. The van der Waals surface area contributed by atoms with Crippen molar-refractivity contribution in [2.45, 2.75) is 13.3 Å². The van der Waals surface area contributed by atoms with Crippen LogP contribution in [0.15, 0.2) is 28.8 Å². The van der Waals surface area contributed by atoms with E-state index < -0.39 is 0 Å². The summed E-state index contributed by atoms with van der Waals surface area (Å²) in [5.74, 6) is 0.874. The van der Waals surface area contributed by atoms with Crippen LogP contribution < -0.4 is 4.90 Å². The van der Waals surface area contributed by atoms with E-state index in [1.165, 1.54) is 6.92 Å². The largest absolute Gasteiger partial charge is 0.378 e. The van der Waals surface area contributed by atoms with Crippen LogP contribution in [-0.2, 0) is 11.2 Å². The number of Topliss-reactive ketones (excluding diaryl/α,β-unsaturated/α-hetero) is 1. The fourth-order valence-corrected chi connectivity index (χ4v) is 1.57. The number of ketones is 1. The minimum Gasteiger partial charge on any atom is -0.378 e. The number of anilines is 1. The molecule has 0 saturated carbocycles. The highest BCUT2D eigenvalue weighted by Crippen LogP contribution is 2.20. The molecule has 5 nitrogen and oxygen atoms in total. The van der Waals surface area contributed by atoms with E-state index in [1.807, 2.05) is 43.3 Å². The number of rotatable bonds is 4. The van der Waals surface area contributed by atoms with Gasteiger partial charge in [-0.2, -0.15) is 4.98 Å². The van der Waals surface area contributed by atoms with E-state index in [9.17, 15) is 4.79 Å². The van der Waals surface area contributed by atoms with Gasteiger partial charge in [0.25, 0.3) is 0 Å². The van der Waals surface area contributed by atoms with Gasteiger partial charge in [0.15, 0.2) is 0 Å². The van der Waals surface area contributed by atoms with Gasteiger partial charge in [0.05, 0.1) is 6.42 Å². The quantitative estimate of drug-likeness (QED) is 0.823. The number of benzene rings is 1. The summed E-state index contributed by atoms with van der Waals surface area (Å²) in [6.07, 6.45) is 0.183. The third kappa shape index (κ3) is 2.74. The summed E-state index contributed by atoms with van der Waals surface area (Å²) in [4.78, 5) is 17.1. The van der Waals surface area contributed by atoms with E-state index >= 15 is 0 Å². The normalized spacial score (nSPS) is 10.4. The smallest absolute Gasteiger partial charge is 0.234 e. The van der Waals surface area contributed by atoms with E-state index in [4.69, 9.17) is 4.52 Å². The molecule has 0 amide bonds. The predicted octanol–water partition coefficient (Wildman–Crippen LogP) is 1.93. The molecule has 0 spiro atoms. The zero-order valence-corrected chi connectivity index (χ0v) is 10.7. The first-order valence-corrected chi connectivity index (χ1v) is 5.66. The van der Waals surface area contributed by atoms with Crippen LogP contribution in [0.3, 0.4) is 0 Å².